The van der Waals surface area contributed by atoms with E-state index in [1.165, 1.54) is 0 Å². The lowest BCUT2D eigenvalue weighted by Gasteiger charge is -2.09. The normalized spacial score (nSPS) is 12.1. The van der Waals surface area contributed by atoms with E-state index in [1.807, 2.05) is 37.3 Å². The van der Waals surface area contributed by atoms with Crippen molar-refractivity contribution in [1.29, 1.82) is 0 Å². The highest BCUT2D eigenvalue weighted by Crippen LogP contribution is 2.12. The number of rotatable bonds is 7. The number of aliphatic carboxylic acids is 1. The number of hydrogen-bond acceptors (Lipinski definition) is 2. The summed E-state index contributed by atoms with van der Waals surface area (Å²) in [6, 6.07) is 9.65. The minimum atomic E-state index is -0.995. The van der Waals surface area contributed by atoms with E-state index in [0.717, 1.165) is 5.56 Å². The van der Waals surface area contributed by atoms with Gasteiger partial charge in [-0.3, -0.25) is 9.59 Å². The van der Waals surface area contributed by atoms with Gasteiger partial charge in [0.05, 0.1) is 0 Å². The number of benzene rings is 1. The number of aryl methyl sites for hydroxylation is 1. The molecule has 0 aromatic heterocycles. The molecule has 0 saturated heterocycles. The molecular formula is C14H18O3. The van der Waals surface area contributed by atoms with Crippen molar-refractivity contribution in [1.82, 2.24) is 0 Å². The van der Waals surface area contributed by atoms with Crippen molar-refractivity contribution < 1.29 is 14.7 Å². The van der Waals surface area contributed by atoms with Gasteiger partial charge >= 0.3 is 5.97 Å². The van der Waals surface area contributed by atoms with E-state index in [4.69, 9.17) is 5.11 Å². The molecule has 0 aliphatic carbocycles. The molecule has 0 saturated carbocycles. The number of Topliss-reactive ketones (excluding diaryl/α,β-unsaturated/α-hetero) is 1. The molecule has 0 amide bonds. The highest BCUT2D eigenvalue weighted by atomic mass is 16.4. The molecule has 1 N–H and O–H groups in total. The van der Waals surface area contributed by atoms with Crippen LogP contribution < -0.4 is 0 Å². The molecule has 0 fully saturated rings. The van der Waals surface area contributed by atoms with Crippen LogP contribution in [-0.2, 0) is 16.0 Å². The predicted octanol–water partition coefficient (Wildman–Crippen LogP) is 2.69. The summed E-state index contributed by atoms with van der Waals surface area (Å²) in [7, 11) is 0. The zero-order valence-electron chi connectivity index (χ0n) is 10.1. The van der Waals surface area contributed by atoms with Crippen molar-refractivity contribution >= 4 is 11.8 Å². The standard InChI is InChI=1S/C14H18O3/c1-2-6-12(14(16)17)13(15)10-9-11-7-4-3-5-8-11/h3-5,7-8,12H,2,6,9-10H2,1H3,(H,16,17). The van der Waals surface area contributed by atoms with E-state index < -0.39 is 11.9 Å². The van der Waals surface area contributed by atoms with E-state index >= 15 is 0 Å². The molecule has 0 bridgehead atoms. The molecule has 1 unspecified atom stereocenters. The van der Waals surface area contributed by atoms with Gasteiger partial charge in [-0.1, -0.05) is 43.7 Å². The Hall–Kier alpha value is -1.64. The van der Waals surface area contributed by atoms with Gasteiger partial charge in [0.1, 0.15) is 11.7 Å². The van der Waals surface area contributed by atoms with Gasteiger partial charge in [0, 0.05) is 6.42 Å². The summed E-state index contributed by atoms with van der Waals surface area (Å²) in [4.78, 5) is 22.7. The van der Waals surface area contributed by atoms with E-state index in [1.54, 1.807) is 0 Å². The van der Waals surface area contributed by atoms with Gasteiger partial charge in [0.15, 0.2) is 0 Å². The monoisotopic (exact) mass is 234 g/mol. The first-order valence-electron chi connectivity index (χ1n) is 5.94. The van der Waals surface area contributed by atoms with Crippen LogP contribution in [0.4, 0.5) is 0 Å². The molecule has 0 spiro atoms. The maximum Gasteiger partial charge on any atom is 0.314 e. The zero-order valence-corrected chi connectivity index (χ0v) is 10.1. The second-order valence-electron chi connectivity index (χ2n) is 4.13. The molecule has 0 radical (unpaired) electrons. The lowest BCUT2D eigenvalue weighted by molar-refractivity contribution is -0.146. The smallest absolute Gasteiger partial charge is 0.314 e. The van der Waals surface area contributed by atoms with Gasteiger partial charge in [-0.05, 0) is 18.4 Å². The van der Waals surface area contributed by atoms with Crippen molar-refractivity contribution in [3.8, 4) is 0 Å². The molecule has 92 valence electrons. The Balaban J connectivity index is 2.50. The molecule has 1 atom stereocenters. The van der Waals surface area contributed by atoms with Crippen LogP contribution in [0.1, 0.15) is 31.7 Å². The van der Waals surface area contributed by atoms with E-state index in [0.29, 0.717) is 25.7 Å². The van der Waals surface area contributed by atoms with Gasteiger partial charge < -0.3 is 5.11 Å². The fourth-order valence-electron chi connectivity index (χ4n) is 1.80. The molecular weight excluding hydrogens is 216 g/mol. The summed E-state index contributed by atoms with van der Waals surface area (Å²) in [6.45, 7) is 1.89. The third-order valence-corrected chi connectivity index (χ3v) is 2.77. The van der Waals surface area contributed by atoms with Gasteiger partial charge in [-0.2, -0.15) is 0 Å². The fraction of sp³-hybridized carbons (Fsp3) is 0.429. The van der Waals surface area contributed by atoms with Crippen LogP contribution >= 0.6 is 0 Å². The Morgan fingerprint density at radius 3 is 2.41 bits per heavy atom. The Morgan fingerprint density at radius 2 is 1.88 bits per heavy atom. The van der Waals surface area contributed by atoms with Crippen LogP contribution in [0.15, 0.2) is 30.3 Å². The van der Waals surface area contributed by atoms with E-state index in [2.05, 4.69) is 0 Å². The number of carboxylic acids is 1. The van der Waals surface area contributed by atoms with E-state index in [9.17, 15) is 9.59 Å². The average Bonchev–Trinajstić information content (AvgIpc) is 2.34. The third-order valence-electron chi connectivity index (χ3n) is 2.77. The lowest BCUT2D eigenvalue weighted by atomic mass is 9.94. The molecule has 1 aromatic carbocycles. The molecule has 0 aliphatic rings. The molecule has 0 heterocycles. The molecule has 1 rings (SSSR count). The summed E-state index contributed by atoms with van der Waals surface area (Å²) in [5.41, 5.74) is 1.07. The summed E-state index contributed by atoms with van der Waals surface area (Å²) < 4.78 is 0. The second-order valence-corrected chi connectivity index (χ2v) is 4.13. The van der Waals surface area contributed by atoms with Gasteiger partial charge in [0.2, 0.25) is 0 Å². The zero-order chi connectivity index (χ0) is 12.7. The molecule has 1 aromatic rings. The minimum absolute atomic E-state index is 0.164. The first-order valence-corrected chi connectivity index (χ1v) is 5.94. The van der Waals surface area contributed by atoms with Crippen molar-refractivity contribution in [2.45, 2.75) is 32.6 Å². The molecule has 3 nitrogen and oxygen atoms in total. The Labute approximate surface area is 101 Å². The average molecular weight is 234 g/mol. The Kier molecular flexibility index (Phi) is 5.40. The lowest BCUT2D eigenvalue weighted by Crippen LogP contribution is -2.23. The first-order chi connectivity index (χ1) is 8.15. The van der Waals surface area contributed by atoms with Crippen molar-refractivity contribution in [3.63, 3.8) is 0 Å². The summed E-state index contributed by atoms with van der Waals surface area (Å²) in [5.74, 6) is -1.99. The van der Waals surface area contributed by atoms with Crippen molar-refractivity contribution in [2.75, 3.05) is 0 Å². The van der Waals surface area contributed by atoms with Crippen LogP contribution in [0.25, 0.3) is 0 Å². The van der Waals surface area contributed by atoms with Crippen LogP contribution in [-0.4, -0.2) is 16.9 Å². The van der Waals surface area contributed by atoms with Crippen LogP contribution in [0.3, 0.4) is 0 Å². The highest BCUT2D eigenvalue weighted by Gasteiger charge is 2.24. The van der Waals surface area contributed by atoms with Gasteiger partial charge in [-0.15, -0.1) is 0 Å². The predicted molar refractivity (Wildman–Crippen MR) is 65.8 cm³/mol. The van der Waals surface area contributed by atoms with Crippen molar-refractivity contribution in [2.24, 2.45) is 5.92 Å². The number of ketones is 1. The van der Waals surface area contributed by atoms with Crippen LogP contribution in [0.2, 0.25) is 0 Å². The topological polar surface area (TPSA) is 54.4 Å². The summed E-state index contributed by atoms with van der Waals surface area (Å²) in [6.07, 6.45) is 2.07. The van der Waals surface area contributed by atoms with Gasteiger partial charge in [-0.25, -0.2) is 0 Å². The van der Waals surface area contributed by atoms with Gasteiger partial charge in [0.25, 0.3) is 0 Å². The quantitative estimate of drug-likeness (QED) is 0.738. The number of carboxylic acid groups (broad SMARTS) is 1. The number of carbonyl (C=O) groups is 2. The van der Waals surface area contributed by atoms with Crippen LogP contribution in [0, 0.1) is 5.92 Å². The minimum Gasteiger partial charge on any atom is -0.481 e. The molecule has 3 heteroatoms. The van der Waals surface area contributed by atoms with Crippen LogP contribution in [0.5, 0.6) is 0 Å². The number of carbonyl (C=O) groups excluding carboxylic acids is 1. The first kappa shape index (κ1) is 13.4. The summed E-state index contributed by atoms with van der Waals surface area (Å²) in [5, 5.41) is 8.95. The largest absolute Gasteiger partial charge is 0.481 e. The number of hydrogen-bond donors (Lipinski definition) is 1. The Bertz CT molecular complexity index is 370. The van der Waals surface area contributed by atoms with Crippen molar-refractivity contribution in [3.05, 3.63) is 35.9 Å². The third kappa shape index (κ3) is 4.39. The Morgan fingerprint density at radius 1 is 1.24 bits per heavy atom. The maximum absolute atomic E-state index is 11.8. The highest BCUT2D eigenvalue weighted by molar-refractivity contribution is 5.98. The second kappa shape index (κ2) is 6.84. The molecule has 0 aliphatic heterocycles. The SMILES string of the molecule is CCCC(C(=O)O)C(=O)CCc1ccccc1. The van der Waals surface area contributed by atoms with E-state index in [-0.39, 0.29) is 5.78 Å². The fourth-order valence-corrected chi connectivity index (χ4v) is 1.80. The maximum atomic E-state index is 11.8. The summed E-state index contributed by atoms with van der Waals surface area (Å²) >= 11 is 0. The molecule has 17 heavy (non-hydrogen) atoms.